The molecule has 2 heterocycles. The van der Waals surface area contributed by atoms with Crippen molar-refractivity contribution in [3.63, 3.8) is 0 Å². The maximum absolute atomic E-state index is 14.1. The van der Waals surface area contributed by atoms with E-state index in [0.29, 0.717) is 28.6 Å². The van der Waals surface area contributed by atoms with Crippen LogP contribution in [-0.4, -0.2) is 55.7 Å². The molecule has 2 amide bonds. The zero-order chi connectivity index (χ0) is 29.2. The normalized spacial score (nSPS) is 13.8. The Balaban J connectivity index is 1.64. The molecule has 212 valence electrons. The third-order valence-corrected chi connectivity index (χ3v) is 6.24. The average molecular weight is 576 g/mol. The van der Waals surface area contributed by atoms with Gasteiger partial charge in [-0.2, -0.15) is 0 Å². The lowest BCUT2D eigenvalue weighted by molar-refractivity contribution is -0.143. The zero-order valence-corrected chi connectivity index (χ0v) is 22.8. The van der Waals surface area contributed by atoms with Crippen molar-refractivity contribution in [1.29, 1.82) is 0 Å². The molecule has 13 heteroatoms. The summed E-state index contributed by atoms with van der Waals surface area (Å²) in [4.78, 5) is 43.1. The fourth-order valence-electron chi connectivity index (χ4n) is 4.24. The van der Waals surface area contributed by atoms with Gasteiger partial charge < -0.3 is 29.9 Å². The van der Waals surface area contributed by atoms with E-state index < -0.39 is 47.7 Å². The van der Waals surface area contributed by atoms with Crippen LogP contribution in [0.15, 0.2) is 42.5 Å². The highest BCUT2D eigenvalue weighted by atomic mass is 35.5. The number of hydrogen-bond donors (Lipinski definition) is 3. The molecule has 3 N–H and O–H groups in total. The van der Waals surface area contributed by atoms with Gasteiger partial charge in [0.15, 0.2) is 0 Å². The smallest absolute Gasteiger partial charge is 0.408 e. The number of carboxylic acid groups (broad SMARTS) is 1. The lowest BCUT2D eigenvalue weighted by atomic mass is 10.1. The lowest BCUT2D eigenvalue weighted by Crippen LogP contribution is -2.52. The molecule has 1 unspecified atom stereocenters. The fraction of sp³-hybridized carbons (Fsp3) is 0.333. The summed E-state index contributed by atoms with van der Waals surface area (Å²) in [5.41, 5.74) is 0.351. The zero-order valence-electron chi connectivity index (χ0n) is 22.0. The number of aromatic nitrogens is 2. The molecule has 0 saturated heterocycles. The molecule has 1 atom stereocenters. The Labute approximate surface area is 233 Å². The van der Waals surface area contributed by atoms with E-state index in [1.54, 1.807) is 37.5 Å². The van der Waals surface area contributed by atoms with Crippen molar-refractivity contribution in [1.82, 2.24) is 19.8 Å². The minimum atomic E-state index is -1.37. The number of nitrogens with one attached hydrogen (secondary N) is 2. The number of benzene rings is 2. The molecule has 0 saturated carbocycles. The highest BCUT2D eigenvalue weighted by Gasteiger charge is 2.33. The third kappa shape index (κ3) is 6.87. The molecule has 4 rings (SSSR count). The number of rotatable bonds is 7. The molecule has 0 fully saturated rings. The standard InChI is InChI=1S/C27H28ClF2N5O5/c1-27(2,3)40-26(39)32-20(13-22(36)37)25(38)34-9-10-35-21(14-34)33-23(15-5-4-6-16(29)11-15)24(35)31-17-7-8-18(28)19(30)12-17/h4-8,11-12,20,31H,9-10,13-14H2,1-3H3,(H,32,39)(H,36,37). The van der Waals surface area contributed by atoms with Gasteiger partial charge in [-0.05, 0) is 51.1 Å². The van der Waals surface area contributed by atoms with Gasteiger partial charge >= 0.3 is 12.1 Å². The van der Waals surface area contributed by atoms with Crippen molar-refractivity contribution in [3.05, 3.63) is 64.9 Å². The maximum Gasteiger partial charge on any atom is 0.408 e. The van der Waals surface area contributed by atoms with Gasteiger partial charge in [-0.3, -0.25) is 9.59 Å². The van der Waals surface area contributed by atoms with E-state index in [4.69, 9.17) is 16.3 Å². The van der Waals surface area contributed by atoms with Gasteiger partial charge in [-0.15, -0.1) is 0 Å². The van der Waals surface area contributed by atoms with Crippen LogP contribution in [0.1, 0.15) is 33.0 Å². The number of ether oxygens (including phenoxy) is 1. The second-order valence-corrected chi connectivity index (χ2v) is 10.6. The Bertz CT molecular complexity index is 1460. The number of anilines is 2. The molecule has 0 radical (unpaired) electrons. The predicted octanol–water partition coefficient (Wildman–Crippen LogP) is 4.94. The molecular weight excluding hydrogens is 548 g/mol. The van der Waals surface area contributed by atoms with E-state index in [1.165, 1.54) is 35.2 Å². The molecule has 1 aromatic heterocycles. The Hall–Kier alpha value is -4.19. The first kappa shape index (κ1) is 28.8. The van der Waals surface area contributed by atoms with E-state index in [2.05, 4.69) is 15.6 Å². The third-order valence-electron chi connectivity index (χ3n) is 5.93. The number of fused-ring (bicyclic) bond motifs is 1. The van der Waals surface area contributed by atoms with Crippen LogP contribution in [0.4, 0.5) is 25.1 Å². The number of aliphatic carboxylic acids is 1. The number of amides is 2. The Morgan fingerprint density at radius 1 is 1.15 bits per heavy atom. The molecule has 10 nitrogen and oxygen atoms in total. The second-order valence-electron chi connectivity index (χ2n) is 10.2. The van der Waals surface area contributed by atoms with Crippen LogP contribution in [0.5, 0.6) is 0 Å². The van der Waals surface area contributed by atoms with Gasteiger partial charge in [0.1, 0.15) is 40.6 Å². The summed E-state index contributed by atoms with van der Waals surface area (Å²) >= 11 is 5.82. The predicted molar refractivity (Wildman–Crippen MR) is 143 cm³/mol. The average Bonchev–Trinajstić information content (AvgIpc) is 3.21. The molecule has 40 heavy (non-hydrogen) atoms. The van der Waals surface area contributed by atoms with Crippen LogP contribution in [-0.2, 0) is 27.4 Å². The van der Waals surface area contributed by atoms with E-state index in [1.807, 2.05) is 0 Å². The number of nitrogens with zero attached hydrogens (tertiary/aromatic N) is 3. The SMILES string of the molecule is CC(C)(C)OC(=O)NC(CC(=O)O)C(=O)N1CCn2c(nc(-c3cccc(F)c3)c2Nc2ccc(Cl)c(F)c2)C1. The molecule has 3 aromatic rings. The van der Waals surface area contributed by atoms with Crippen LogP contribution >= 0.6 is 11.6 Å². The molecule has 1 aliphatic rings. The Kier molecular flexibility index (Phi) is 8.29. The monoisotopic (exact) mass is 575 g/mol. The topological polar surface area (TPSA) is 126 Å². The van der Waals surface area contributed by atoms with Crippen LogP contribution in [0.3, 0.4) is 0 Å². The van der Waals surface area contributed by atoms with Crippen LogP contribution in [0.2, 0.25) is 5.02 Å². The van der Waals surface area contributed by atoms with Crippen molar-refractivity contribution in [3.8, 4) is 11.3 Å². The van der Waals surface area contributed by atoms with E-state index in [-0.39, 0.29) is 24.7 Å². The highest BCUT2D eigenvalue weighted by molar-refractivity contribution is 6.30. The fourth-order valence-corrected chi connectivity index (χ4v) is 4.36. The van der Waals surface area contributed by atoms with Gasteiger partial charge in [0.2, 0.25) is 5.91 Å². The summed E-state index contributed by atoms with van der Waals surface area (Å²) in [6.45, 7) is 5.29. The minimum absolute atomic E-state index is 0.0239. The molecule has 0 aliphatic carbocycles. The van der Waals surface area contributed by atoms with Crippen molar-refractivity contribution >= 4 is 41.1 Å². The number of carbonyl (C=O) groups is 3. The van der Waals surface area contributed by atoms with Crippen molar-refractivity contribution < 1.29 is 33.0 Å². The summed E-state index contributed by atoms with van der Waals surface area (Å²) in [6, 6.07) is 8.62. The number of imidazole rings is 1. The summed E-state index contributed by atoms with van der Waals surface area (Å²) in [5.74, 6) is -2.14. The van der Waals surface area contributed by atoms with E-state index >= 15 is 0 Å². The van der Waals surface area contributed by atoms with Crippen LogP contribution in [0, 0.1) is 11.6 Å². The Morgan fingerprint density at radius 3 is 2.55 bits per heavy atom. The number of hydrogen-bond acceptors (Lipinski definition) is 6. The Morgan fingerprint density at radius 2 is 1.90 bits per heavy atom. The van der Waals surface area contributed by atoms with Crippen LogP contribution in [0.25, 0.3) is 11.3 Å². The van der Waals surface area contributed by atoms with Crippen LogP contribution < -0.4 is 10.6 Å². The summed E-state index contributed by atoms with van der Waals surface area (Å²) < 4.78 is 35.2. The summed E-state index contributed by atoms with van der Waals surface area (Å²) in [7, 11) is 0. The second kappa shape index (κ2) is 11.5. The molecule has 0 spiro atoms. The first-order chi connectivity index (χ1) is 18.8. The van der Waals surface area contributed by atoms with Gasteiger partial charge in [0, 0.05) is 24.3 Å². The number of alkyl carbamates (subject to hydrolysis) is 1. The molecule has 1 aliphatic heterocycles. The maximum atomic E-state index is 14.1. The molecule has 0 bridgehead atoms. The van der Waals surface area contributed by atoms with Crippen molar-refractivity contribution in [2.75, 3.05) is 11.9 Å². The number of carboxylic acids is 1. The van der Waals surface area contributed by atoms with Gasteiger partial charge in [0.25, 0.3) is 0 Å². The summed E-state index contributed by atoms with van der Waals surface area (Å²) in [5, 5.41) is 14.8. The van der Waals surface area contributed by atoms with E-state index in [9.17, 15) is 28.3 Å². The molecular formula is C27H28ClF2N5O5. The summed E-state index contributed by atoms with van der Waals surface area (Å²) in [6.07, 6.45) is -1.56. The first-order valence-electron chi connectivity index (χ1n) is 12.4. The quantitative estimate of drug-likeness (QED) is 0.364. The van der Waals surface area contributed by atoms with Crippen molar-refractivity contribution in [2.45, 2.75) is 51.9 Å². The first-order valence-corrected chi connectivity index (χ1v) is 12.8. The number of halogens is 3. The molecule has 2 aromatic carbocycles. The number of carbonyl (C=O) groups excluding carboxylic acids is 2. The highest BCUT2D eigenvalue weighted by Crippen LogP contribution is 2.34. The van der Waals surface area contributed by atoms with Gasteiger partial charge in [0.05, 0.1) is 18.0 Å². The largest absolute Gasteiger partial charge is 0.481 e. The lowest BCUT2D eigenvalue weighted by Gasteiger charge is -2.31. The van der Waals surface area contributed by atoms with Crippen molar-refractivity contribution in [2.24, 2.45) is 0 Å². The van der Waals surface area contributed by atoms with Gasteiger partial charge in [-0.25, -0.2) is 18.6 Å². The van der Waals surface area contributed by atoms with E-state index in [0.717, 1.165) is 0 Å². The van der Waals surface area contributed by atoms with Gasteiger partial charge in [-0.1, -0.05) is 23.7 Å². The minimum Gasteiger partial charge on any atom is -0.481 e.